The second-order valence-electron chi connectivity index (χ2n) is 11.8. The first-order chi connectivity index (χ1) is 17.9. The van der Waals surface area contributed by atoms with Crippen molar-refractivity contribution in [2.75, 3.05) is 18.0 Å². The van der Waals surface area contributed by atoms with Gasteiger partial charge in [0.2, 0.25) is 0 Å². The van der Waals surface area contributed by atoms with E-state index in [0.29, 0.717) is 5.92 Å². The van der Waals surface area contributed by atoms with Gasteiger partial charge in [-0.25, -0.2) is 18.4 Å². The summed E-state index contributed by atoms with van der Waals surface area (Å²) in [6.45, 7) is 14.7. The van der Waals surface area contributed by atoms with Crippen LogP contribution in [0.4, 0.5) is 14.5 Å². The lowest BCUT2D eigenvalue weighted by atomic mass is 9.86. The maximum atomic E-state index is 15.0. The third-order valence-corrected chi connectivity index (χ3v) is 6.87. The van der Waals surface area contributed by atoms with Crippen molar-refractivity contribution in [3.05, 3.63) is 72.4 Å². The van der Waals surface area contributed by atoms with Crippen molar-refractivity contribution in [1.29, 1.82) is 0 Å². The summed E-state index contributed by atoms with van der Waals surface area (Å²) in [7, 11) is 0. The Balaban J connectivity index is 1.72. The molecule has 0 radical (unpaired) electrons. The average molecular weight is 525 g/mol. The highest BCUT2D eigenvalue weighted by Crippen LogP contribution is 2.37. The summed E-state index contributed by atoms with van der Waals surface area (Å²) in [6, 6.07) is 8.66. The number of nitrogens with zero attached hydrogens (tertiary/aromatic N) is 6. The monoisotopic (exact) mass is 524 g/mol. The fourth-order valence-corrected chi connectivity index (χ4v) is 4.78. The fraction of sp³-hybridized carbons (Fsp3) is 0.483. The third kappa shape index (κ3) is 6.20. The molecule has 204 valence electrons. The molecule has 2 aromatic heterocycles. The van der Waals surface area contributed by atoms with Gasteiger partial charge in [0.1, 0.15) is 29.9 Å². The van der Waals surface area contributed by atoms with Gasteiger partial charge in [0.05, 0.1) is 18.1 Å². The largest absolute Gasteiger partial charge is 0.381 e. The Labute approximate surface area is 223 Å². The zero-order chi connectivity index (χ0) is 27.7. The molecule has 0 fully saturated rings. The van der Waals surface area contributed by atoms with Crippen molar-refractivity contribution in [2.24, 2.45) is 11.3 Å². The smallest absolute Gasteiger partial charge is 0.137 e. The van der Waals surface area contributed by atoms with Crippen molar-refractivity contribution in [1.82, 2.24) is 24.5 Å². The molecule has 0 saturated carbocycles. The number of fused-ring (bicyclic) bond motifs is 1. The first kappa shape index (κ1) is 27.7. The Morgan fingerprint density at radius 1 is 1.05 bits per heavy atom. The zero-order valence-electron chi connectivity index (χ0n) is 23.1. The van der Waals surface area contributed by atoms with Gasteiger partial charge in [-0.1, -0.05) is 40.7 Å². The van der Waals surface area contributed by atoms with Crippen molar-refractivity contribution in [2.45, 2.75) is 66.2 Å². The van der Waals surface area contributed by atoms with Gasteiger partial charge in [-0.05, 0) is 48.9 Å². The highest BCUT2D eigenvalue weighted by Gasteiger charge is 2.41. The molecule has 38 heavy (non-hydrogen) atoms. The molecule has 1 N–H and O–H groups in total. The van der Waals surface area contributed by atoms with Crippen LogP contribution in [0.15, 0.2) is 55.2 Å². The van der Waals surface area contributed by atoms with E-state index in [0.717, 1.165) is 48.2 Å². The molecular formula is C29H38F2N6O. The molecule has 0 bridgehead atoms. The Bertz CT molecular complexity index is 1360. The van der Waals surface area contributed by atoms with E-state index in [4.69, 9.17) is 5.10 Å². The third-order valence-electron chi connectivity index (χ3n) is 6.87. The van der Waals surface area contributed by atoms with Crippen molar-refractivity contribution >= 4 is 16.6 Å². The molecule has 0 saturated heterocycles. The molecule has 9 heteroatoms. The topological polar surface area (TPSA) is 72.0 Å². The minimum Gasteiger partial charge on any atom is -0.381 e. The number of rotatable bonds is 10. The van der Waals surface area contributed by atoms with E-state index in [1.807, 2.05) is 12.3 Å². The molecule has 2 aromatic carbocycles. The second kappa shape index (κ2) is 10.8. The Hall–Kier alpha value is -3.33. The molecule has 4 aromatic rings. The van der Waals surface area contributed by atoms with Crippen LogP contribution in [0.25, 0.3) is 10.9 Å². The summed E-state index contributed by atoms with van der Waals surface area (Å²) in [4.78, 5) is 6.35. The lowest BCUT2D eigenvalue weighted by Gasteiger charge is -2.34. The van der Waals surface area contributed by atoms with Crippen molar-refractivity contribution < 1.29 is 13.9 Å². The molecular weight excluding hydrogens is 486 g/mol. The SMILES string of the molecule is CC(C)CCN(CC(C)(C)C)c1ccc2nn([C@H](C)[C@](O)(Cn3cncn3)c3ccc(F)cc3F)cc2c1. The summed E-state index contributed by atoms with van der Waals surface area (Å²) >= 11 is 0. The maximum absolute atomic E-state index is 15.0. The van der Waals surface area contributed by atoms with Gasteiger partial charge in [-0.2, -0.15) is 10.2 Å². The van der Waals surface area contributed by atoms with E-state index in [-0.39, 0.29) is 17.5 Å². The molecule has 2 heterocycles. The first-order valence-corrected chi connectivity index (χ1v) is 13.1. The van der Waals surface area contributed by atoms with Crippen LogP contribution in [0.3, 0.4) is 0 Å². The van der Waals surface area contributed by atoms with Crippen LogP contribution in [-0.2, 0) is 12.1 Å². The van der Waals surface area contributed by atoms with Gasteiger partial charge in [-0.3, -0.25) is 4.68 Å². The lowest BCUT2D eigenvalue weighted by Crippen LogP contribution is -2.40. The summed E-state index contributed by atoms with van der Waals surface area (Å²) < 4.78 is 31.8. The predicted octanol–water partition coefficient (Wildman–Crippen LogP) is 5.95. The second-order valence-corrected chi connectivity index (χ2v) is 11.8. The number of hydrogen-bond acceptors (Lipinski definition) is 5. The van der Waals surface area contributed by atoms with Crippen LogP contribution in [0.5, 0.6) is 0 Å². The van der Waals surface area contributed by atoms with E-state index in [1.165, 1.54) is 23.4 Å². The Morgan fingerprint density at radius 3 is 2.45 bits per heavy atom. The van der Waals surface area contributed by atoms with Gasteiger partial charge in [0, 0.05) is 42.0 Å². The average Bonchev–Trinajstić information content (AvgIpc) is 3.49. The van der Waals surface area contributed by atoms with Crippen LogP contribution < -0.4 is 4.90 Å². The summed E-state index contributed by atoms with van der Waals surface area (Å²) in [5.41, 5.74) is 0.186. The lowest BCUT2D eigenvalue weighted by molar-refractivity contribution is -0.0366. The summed E-state index contributed by atoms with van der Waals surface area (Å²) in [5, 5.41) is 21.7. The molecule has 0 spiro atoms. The highest BCUT2D eigenvalue weighted by atomic mass is 19.1. The molecule has 0 unspecified atom stereocenters. The minimum absolute atomic E-state index is 0.0350. The Kier molecular flexibility index (Phi) is 7.88. The van der Waals surface area contributed by atoms with Crippen LogP contribution in [0.2, 0.25) is 0 Å². The normalized spacial score (nSPS) is 14.7. The van der Waals surface area contributed by atoms with Crippen molar-refractivity contribution in [3.8, 4) is 0 Å². The number of hydrogen-bond donors (Lipinski definition) is 1. The molecule has 0 aliphatic rings. The summed E-state index contributed by atoms with van der Waals surface area (Å²) in [5.74, 6) is -0.947. The summed E-state index contributed by atoms with van der Waals surface area (Å²) in [6.07, 6.45) is 5.75. The number of aromatic nitrogens is 5. The van der Waals surface area contributed by atoms with Gasteiger partial charge >= 0.3 is 0 Å². The molecule has 7 nitrogen and oxygen atoms in total. The van der Waals surface area contributed by atoms with Crippen LogP contribution in [0, 0.1) is 23.0 Å². The highest BCUT2D eigenvalue weighted by molar-refractivity contribution is 5.82. The van der Waals surface area contributed by atoms with E-state index in [1.54, 1.807) is 11.6 Å². The van der Waals surface area contributed by atoms with E-state index in [2.05, 4.69) is 61.7 Å². The minimum atomic E-state index is -1.79. The maximum Gasteiger partial charge on any atom is 0.137 e. The van der Waals surface area contributed by atoms with Gasteiger partial charge < -0.3 is 10.0 Å². The van der Waals surface area contributed by atoms with E-state index in [9.17, 15) is 13.9 Å². The van der Waals surface area contributed by atoms with E-state index >= 15 is 0 Å². The van der Waals surface area contributed by atoms with Crippen LogP contribution in [-0.4, -0.2) is 42.7 Å². The predicted molar refractivity (Wildman–Crippen MR) is 146 cm³/mol. The first-order valence-electron chi connectivity index (χ1n) is 13.1. The molecule has 0 amide bonds. The van der Waals surface area contributed by atoms with Crippen LogP contribution in [0.1, 0.15) is 59.6 Å². The fourth-order valence-electron chi connectivity index (χ4n) is 4.78. The number of benzene rings is 2. The van der Waals surface area contributed by atoms with Gasteiger partial charge in [-0.15, -0.1) is 0 Å². The molecule has 0 aliphatic heterocycles. The number of aliphatic hydroxyl groups is 1. The van der Waals surface area contributed by atoms with E-state index < -0.39 is 23.3 Å². The zero-order valence-corrected chi connectivity index (χ0v) is 23.1. The molecule has 2 atom stereocenters. The molecule has 4 rings (SSSR count). The quantitative estimate of drug-likeness (QED) is 0.277. The number of anilines is 1. The van der Waals surface area contributed by atoms with Crippen LogP contribution >= 0.6 is 0 Å². The number of halogens is 2. The van der Waals surface area contributed by atoms with Gasteiger partial charge in [0.15, 0.2) is 0 Å². The van der Waals surface area contributed by atoms with Gasteiger partial charge in [0.25, 0.3) is 0 Å². The standard InChI is InChI=1S/C29H38F2N6O/c1-20(2)11-12-35(16-28(4,5)6)24-8-10-27-22(13-24)15-37(34-27)21(3)29(38,17-36-19-32-18-33-36)25-9-7-23(30)14-26(25)31/h7-10,13-15,18-21,38H,11-12,16-17H2,1-6H3/t21-,29-/m1/s1. The Morgan fingerprint density at radius 2 is 1.82 bits per heavy atom. The molecule has 0 aliphatic carbocycles. The van der Waals surface area contributed by atoms with Crippen molar-refractivity contribution in [3.63, 3.8) is 0 Å².